The summed E-state index contributed by atoms with van der Waals surface area (Å²) in [6.07, 6.45) is 10.5. The highest BCUT2D eigenvalue weighted by atomic mass is 16.4. The lowest BCUT2D eigenvalue weighted by Gasteiger charge is -2.28. The predicted octanol–water partition coefficient (Wildman–Crippen LogP) is 2.72. The summed E-state index contributed by atoms with van der Waals surface area (Å²) in [4.78, 5) is 21.4. The summed E-state index contributed by atoms with van der Waals surface area (Å²) in [5, 5.41) is 8.83. The quantitative estimate of drug-likeness (QED) is 0.830. The topological polar surface area (TPSA) is 66.3 Å². The van der Waals surface area contributed by atoms with Crippen molar-refractivity contribution in [1.29, 1.82) is 0 Å². The van der Waals surface area contributed by atoms with Gasteiger partial charge in [0.25, 0.3) is 0 Å². The molecule has 5 heteroatoms. The highest BCUT2D eigenvalue weighted by Gasteiger charge is 2.22. The predicted molar refractivity (Wildman–Crippen MR) is 76.6 cm³/mol. The van der Waals surface area contributed by atoms with Crippen LogP contribution in [-0.4, -0.2) is 38.5 Å². The van der Waals surface area contributed by atoms with Crippen LogP contribution in [0.15, 0.2) is 12.4 Å². The van der Waals surface area contributed by atoms with Crippen molar-refractivity contribution in [1.82, 2.24) is 14.9 Å². The normalized spacial score (nSPS) is 15.9. The first-order chi connectivity index (χ1) is 9.70. The molecule has 0 unspecified atom stereocenters. The zero-order valence-corrected chi connectivity index (χ0v) is 12.1. The lowest BCUT2D eigenvalue weighted by Crippen LogP contribution is -2.34. The van der Waals surface area contributed by atoms with Gasteiger partial charge in [-0.05, 0) is 25.8 Å². The smallest absolute Gasteiger partial charge is 0.356 e. The monoisotopic (exact) mass is 277 g/mol. The summed E-state index contributed by atoms with van der Waals surface area (Å²) in [6, 6.07) is 0.655. The number of hydrogen-bond acceptors (Lipinski definition) is 4. The van der Waals surface area contributed by atoms with Crippen molar-refractivity contribution in [2.75, 3.05) is 6.54 Å². The number of carboxylic acid groups (broad SMARTS) is 1. The van der Waals surface area contributed by atoms with Gasteiger partial charge in [-0.15, -0.1) is 0 Å². The van der Waals surface area contributed by atoms with E-state index in [-0.39, 0.29) is 5.69 Å². The van der Waals surface area contributed by atoms with E-state index in [4.69, 9.17) is 5.11 Å². The maximum absolute atomic E-state index is 10.8. The molecule has 1 saturated carbocycles. The van der Waals surface area contributed by atoms with Crippen LogP contribution in [0.5, 0.6) is 0 Å². The lowest BCUT2D eigenvalue weighted by atomic mass is 10.2. The number of rotatable bonds is 7. The van der Waals surface area contributed by atoms with Crippen LogP contribution in [0.1, 0.15) is 61.6 Å². The maximum atomic E-state index is 10.8. The Bertz CT molecular complexity index is 427. The van der Waals surface area contributed by atoms with Gasteiger partial charge in [-0.3, -0.25) is 9.88 Å². The second kappa shape index (κ2) is 7.33. The molecule has 1 aromatic rings. The van der Waals surface area contributed by atoms with Crippen LogP contribution in [-0.2, 0) is 6.54 Å². The highest BCUT2D eigenvalue weighted by Crippen LogP contribution is 2.24. The minimum atomic E-state index is -1.03. The van der Waals surface area contributed by atoms with E-state index in [0.717, 1.165) is 18.8 Å². The van der Waals surface area contributed by atoms with E-state index in [9.17, 15) is 4.79 Å². The van der Waals surface area contributed by atoms with Crippen LogP contribution in [0.25, 0.3) is 0 Å². The second-order valence-electron chi connectivity index (χ2n) is 5.46. The van der Waals surface area contributed by atoms with Gasteiger partial charge in [0.15, 0.2) is 5.69 Å². The molecule has 1 fully saturated rings. The van der Waals surface area contributed by atoms with Gasteiger partial charge in [-0.1, -0.05) is 26.2 Å². The van der Waals surface area contributed by atoms with Crippen molar-refractivity contribution in [3.05, 3.63) is 23.8 Å². The molecule has 0 aliphatic heterocycles. The van der Waals surface area contributed by atoms with Crippen molar-refractivity contribution in [3.8, 4) is 0 Å². The molecule has 1 aliphatic rings. The first-order valence-electron chi connectivity index (χ1n) is 7.49. The number of carbonyl (C=O) groups is 1. The average Bonchev–Trinajstić information content (AvgIpc) is 2.98. The van der Waals surface area contributed by atoms with Gasteiger partial charge in [0.2, 0.25) is 0 Å². The Balaban J connectivity index is 2.00. The first-order valence-corrected chi connectivity index (χ1v) is 7.49. The molecule has 0 spiro atoms. The summed E-state index contributed by atoms with van der Waals surface area (Å²) < 4.78 is 0. The molecule has 0 amide bonds. The average molecular weight is 277 g/mol. The summed E-state index contributed by atoms with van der Waals surface area (Å²) in [6.45, 7) is 4.06. The molecular weight excluding hydrogens is 254 g/mol. The van der Waals surface area contributed by atoms with E-state index in [1.165, 1.54) is 44.7 Å². The fraction of sp³-hybridized carbons (Fsp3) is 0.667. The van der Waals surface area contributed by atoms with E-state index in [1.807, 2.05) is 0 Å². The molecule has 20 heavy (non-hydrogen) atoms. The van der Waals surface area contributed by atoms with Gasteiger partial charge in [-0.25, -0.2) is 9.78 Å². The second-order valence-corrected chi connectivity index (χ2v) is 5.46. The first kappa shape index (κ1) is 14.9. The van der Waals surface area contributed by atoms with Crippen LogP contribution in [0.3, 0.4) is 0 Å². The fourth-order valence-electron chi connectivity index (χ4n) is 2.78. The Labute approximate surface area is 120 Å². The summed E-state index contributed by atoms with van der Waals surface area (Å²) in [5.41, 5.74) is 0.868. The number of aromatic nitrogens is 2. The molecule has 1 heterocycles. The Morgan fingerprint density at radius 1 is 1.35 bits per heavy atom. The zero-order chi connectivity index (χ0) is 14.4. The van der Waals surface area contributed by atoms with Crippen molar-refractivity contribution >= 4 is 5.97 Å². The van der Waals surface area contributed by atoms with Crippen molar-refractivity contribution in [2.24, 2.45) is 0 Å². The minimum absolute atomic E-state index is 0.00900. The third kappa shape index (κ3) is 4.00. The number of unbranched alkanes of at least 4 members (excludes halogenated alkanes) is 1. The standard InChI is InChI=1S/C15H23N3O2/c1-2-3-8-18(13-6-4-5-7-13)11-12-9-17-14(10-16-12)15(19)20/h9-10,13H,2-8,11H2,1H3,(H,19,20). The van der Waals surface area contributed by atoms with Crippen LogP contribution >= 0.6 is 0 Å². The molecule has 0 saturated heterocycles. The SMILES string of the molecule is CCCCN(Cc1cnc(C(=O)O)cn1)C1CCCC1. The van der Waals surface area contributed by atoms with Gasteiger partial charge >= 0.3 is 5.97 Å². The van der Waals surface area contributed by atoms with Crippen LogP contribution < -0.4 is 0 Å². The number of hydrogen-bond donors (Lipinski definition) is 1. The Morgan fingerprint density at radius 2 is 2.10 bits per heavy atom. The molecular formula is C15H23N3O2. The third-order valence-electron chi connectivity index (χ3n) is 3.93. The maximum Gasteiger partial charge on any atom is 0.356 e. The molecule has 5 nitrogen and oxygen atoms in total. The van der Waals surface area contributed by atoms with Gasteiger partial charge < -0.3 is 5.11 Å². The lowest BCUT2D eigenvalue weighted by molar-refractivity contribution is 0.0689. The molecule has 2 rings (SSSR count). The van der Waals surface area contributed by atoms with Crippen LogP contribution in [0.4, 0.5) is 0 Å². The molecule has 0 bridgehead atoms. The fourth-order valence-corrected chi connectivity index (χ4v) is 2.78. The zero-order valence-electron chi connectivity index (χ0n) is 12.1. The molecule has 1 aliphatic carbocycles. The number of carboxylic acids is 1. The Morgan fingerprint density at radius 3 is 2.65 bits per heavy atom. The molecule has 110 valence electrons. The van der Waals surface area contributed by atoms with Gasteiger partial charge in [0.05, 0.1) is 18.1 Å². The highest BCUT2D eigenvalue weighted by molar-refractivity contribution is 5.84. The van der Waals surface area contributed by atoms with Gasteiger partial charge in [0.1, 0.15) is 0 Å². The Kier molecular flexibility index (Phi) is 5.47. The van der Waals surface area contributed by atoms with Gasteiger partial charge in [0, 0.05) is 12.6 Å². The van der Waals surface area contributed by atoms with E-state index >= 15 is 0 Å². The molecule has 0 radical (unpaired) electrons. The summed E-state index contributed by atoms with van der Waals surface area (Å²) in [7, 11) is 0. The number of nitrogens with zero attached hydrogens (tertiary/aromatic N) is 3. The summed E-state index contributed by atoms with van der Waals surface area (Å²) >= 11 is 0. The van der Waals surface area contributed by atoms with E-state index in [1.54, 1.807) is 6.20 Å². The van der Waals surface area contributed by atoms with Crippen LogP contribution in [0, 0.1) is 0 Å². The van der Waals surface area contributed by atoms with Crippen molar-refractivity contribution in [2.45, 2.75) is 58.0 Å². The minimum Gasteiger partial charge on any atom is -0.476 e. The van der Waals surface area contributed by atoms with E-state index in [2.05, 4.69) is 21.8 Å². The van der Waals surface area contributed by atoms with E-state index in [0.29, 0.717) is 6.04 Å². The largest absolute Gasteiger partial charge is 0.476 e. The van der Waals surface area contributed by atoms with Crippen molar-refractivity contribution in [3.63, 3.8) is 0 Å². The molecule has 0 aromatic carbocycles. The summed E-state index contributed by atoms with van der Waals surface area (Å²) in [5.74, 6) is -1.03. The number of aromatic carboxylic acids is 1. The molecule has 0 atom stereocenters. The van der Waals surface area contributed by atoms with Gasteiger partial charge in [-0.2, -0.15) is 0 Å². The van der Waals surface area contributed by atoms with Crippen molar-refractivity contribution < 1.29 is 9.90 Å². The van der Waals surface area contributed by atoms with Crippen LogP contribution in [0.2, 0.25) is 0 Å². The van der Waals surface area contributed by atoms with E-state index < -0.39 is 5.97 Å². The molecule has 1 N–H and O–H groups in total. The third-order valence-corrected chi connectivity index (χ3v) is 3.93. The Hall–Kier alpha value is -1.49. The molecule has 1 aromatic heterocycles.